The van der Waals surface area contributed by atoms with Crippen molar-refractivity contribution in [3.8, 4) is 0 Å². The van der Waals surface area contributed by atoms with E-state index in [1.807, 2.05) is 17.8 Å². The molecule has 0 aromatic heterocycles. The molecule has 0 atom stereocenters. The average molecular weight is 329 g/mol. The van der Waals surface area contributed by atoms with Crippen molar-refractivity contribution in [1.82, 2.24) is 0 Å². The largest absolute Gasteiger partial charge is 0.339 e. The van der Waals surface area contributed by atoms with E-state index in [-0.39, 0.29) is 0 Å². The van der Waals surface area contributed by atoms with Crippen LogP contribution in [0.1, 0.15) is 12.0 Å². The monoisotopic (exact) mass is 329 g/mol. The second-order valence-electron chi connectivity index (χ2n) is 5.91. The molecule has 0 fully saturated rings. The highest BCUT2D eigenvalue weighted by Crippen LogP contribution is 2.47. The van der Waals surface area contributed by atoms with Crippen LogP contribution in [0, 0.1) is 0 Å². The van der Waals surface area contributed by atoms with E-state index in [1.54, 1.807) is 0 Å². The van der Waals surface area contributed by atoms with E-state index in [4.69, 9.17) is 0 Å². The predicted molar refractivity (Wildman–Crippen MR) is 104 cm³/mol. The molecule has 0 spiro atoms. The van der Waals surface area contributed by atoms with Crippen LogP contribution < -0.4 is 4.90 Å². The summed E-state index contributed by atoms with van der Waals surface area (Å²) in [5, 5.41) is 0. The van der Waals surface area contributed by atoms with Gasteiger partial charge in [-0.3, -0.25) is 0 Å². The summed E-state index contributed by atoms with van der Waals surface area (Å²) in [5.74, 6) is 0. The number of rotatable bonds is 4. The Morgan fingerprint density at radius 2 is 1.29 bits per heavy atom. The van der Waals surface area contributed by atoms with Crippen LogP contribution in [0.4, 0.5) is 11.4 Å². The molecule has 4 rings (SSSR count). The van der Waals surface area contributed by atoms with Crippen LogP contribution in [0.25, 0.3) is 5.57 Å². The van der Waals surface area contributed by atoms with E-state index in [1.165, 1.54) is 32.3 Å². The molecule has 0 radical (unpaired) electrons. The molecular formula is C22H19NS. The smallest absolute Gasteiger partial charge is 0.0552 e. The van der Waals surface area contributed by atoms with E-state index in [9.17, 15) is 0 Å². The zero-order valence-electron chi connectivity index (χ0n) is 13.5. The van der Waals surface area contributed by atoms with E-state index in [0.29, 0.717) is 0 Å². The highest BCUT2D eigenvalue weighted by molar-refractivity contribution is 7.99. The molecule has 0 aliphatic carbocycles. The van der Waals surface area contributed by atoms with Crippen LogP contribution in [-0.2, 0) is 0 Å². The topological polar surface area (TPSA) is 3.24 Å². The molecule has 118 valence electrons. The Kier molecular flexibility index (Phi) is 4.14. The molecule has 24 heavy (non-hydrogen) atoms. The van der Waals surface area contributed by atoms with Gasteiger partial charge in [0.25, 0.3) is 0 Å². The number of nitrogens with zero attached hydrogens (tertiary/aromatic N) is 1. The van der Waals surface area contributed by atoms with Gasteiger partial charge in [-0.05, 0) is 41.8 Å². The third-order valence-electron chi connectivity index (χ3n) is 4.35. The third-order valence-corrected chi connectivity index (χ3v) is 5.48. The quantitative estimate of drug-likeness (QED) is 0.545. The molecule has 3 aromatic rings. The molecule has 3 aromatic carbocycles. The molecule has 0 unspecified atom stereocenters. The fraction of sp³-hybridized carbons (Fsp3) is 0.0909. The van der Waals surface area contributed by atoms with Crippen molar-refractivity contribution in [3.63, 3.8) is 0 Å². The molecule has 0 saturated heterocycles. The highest BCUT2D eigenvalue weighted by Gasteiger charge is 2.22. The maximum absolute atomic E-state index is 4.29. The minimum absolute atomic E-state index is 0.933. The Balaban J connectivity index is 1.62. The second kappa shape index (κ2) is 6.58. The summed E-state index contributed by atoms with van der Waals surface area (Å²) in [6, 6.07) is 27.8. The minimum Gasteiger partial charge on any atom is -0.339 e. The van der Waals surface area contributed by atoms with E-state index in [0.717, 1.165) is 13.0 Å². The lowest BCUT2D eigenvalue weighted by Crippen LogP contribution is -2.22. The van der Waals surface area contributed by atoms with Crippen LogP contribution >= 0.6 is 11.8 Å². The van der Waals surface area contributed by atoms with Gasteiger partial charge in [0.15, 0.2) is 0 Å². The lowest BCUT2D eigenvalue weighted by Gasteiger charge is -2.33. The number of hydrogen-bond acceptors (Lipinski definition) is 2. The summed E-state index contributed by atoms with van der Waals surface area (Å²) in [6.45, 7) is 5.22. The van der Waals surface area contributed by atoms with Crippen molar-refractivity contribution >= 4 is 28.7 Å². The van der Waals surface area contributed by atoms with Crippen molar-refractivity contribution in [2.75, 3.05) is 11.4 Å². The summed E-state index contributed by atoms with van der Waals surface area (Å²) in [6.07, 6.45) is 0.942. The molecule has 2 heteroatoms. The Bertz CT molecular complexity index is 824. The van der Waals surface area contributed by atoms with Crippen LogP contribution in [-0.4, -0.2) is 6.54 Å². The fourth-order valence-electron chi connectivity index (χ4n) is 3.09. The van der Waals surface area contributed by atoms with Crippen LogP contribution in [0.15, 0.2) is 95.2 Å². The molecule has 1 aliphatic heterocycles. The van der Waals surface area contributed by atoms with E-state index in [2.05, 4.69) is 84.3 Å². The van der Waals surface area contributed by atoms with Crippen molar-refractivity contribution in [3.05, 3.63) is 91.0 Å². The summed E-state index contributed by atoms with van der Waals surface area (Å²) in [5.41, 5.74) is 5.00. The zero-order chi connectivity index (χ0) is 16.4. The Morgan fingerprint density at radius 1 is 0.750 bits per heavy atom. The summed E-state index contributed by atoms with van der Waals surface area (Å²) < 4.78 is 0. The summed E-state index contributed by atoms with van der Waals surface area (Å²) in [7, 11) is 0. The molecule has 1 nitrogen and oxygen atoms in total. The highest BCUT2D eigenvalue weighted by atomic mass is 32.2. The van der Waals surface area contributed by atoms with Gasteiger partial charge in [-0.15, -0.1) is 0 Å². The number of benzene rings is 3. The fourth-order valence-corrected chi connectivity index (χ4v) is 4.18. The molecule has 1 aliphatic rings. The summed E-state index contributed by atoms with van der Waals surface area (Å²) >= 11 is 1.85. The Labute approximate surface area is 147 Å². The molecular weight excluding hydrogens is 310 g/mol. The number of para-hydroxylation sites is 2. The first-order chi connectivity index (χ1) is 11.8. The maximum Gasteiger partial charge on any atom is 0.0552 e. The average Bonchev–Trinajstić information content (AvgIpc) is 2.65. The SMILES string of the molecule is C=C(CCN1c2ccccc2Sc2ccccc21)c1ccccc1. The van der Waals surface area contributed by atoms with Gasteiger partial charge in [0, 0.05) is 16.3 Å². The lowest BCUT2D eigenvalue weighted by molar-refractivity contribution is 0.923. The van der Waals surface area contributed by atoms with Gasteiger partial charge in [-0.1, -0.05) is 72.9 Å². The maximum atomic E-state index is 4.29. The first kappa shape index (κ1) is 15.1. The van der Waals surface area contributed by atoms with Crippen LogP contribution in [0.3, 0.4) is 0 Å². The van der Waals surface area contributed by atoms with Crippen molar-refractivity contribution in [1.29, 1.82) is 0 Å². The first-order valence-electron chi connectivity index (χ1n) is 8.19. The van der Waals surface area contributed by atoms with E-state index < -0.39 is 0 Å². The van der Waals surface area contributed by atoms with Gasteiger partial charge in [0.1, 0.15) is 0 Å². The van der Waals surface area contributed by atoms with Gasteiger partial charge in [-0.2, -0.15) is 0 Å². The Hall–Kier alpha value is -2.45. The van der Waals surface area contributed by atoms with Gasteiger partial charge in [0.05, 0.1) is 11.4 Å². The number of anilines is 2. The molecule has 1 heterocycles. The van der Waals surface area contributed by atoms with Crippen molar-refractivity contribution in [2.24, 2.45) is 0 Å². The molecule has 0 saturated carbocycles. The standard InChI is InChI=1S/C22H19NS/c1-17(18-9-3-2-4-10-18)15-16-23-19-11-5-7-13-21(19)24-22-14-8-6-12-20(22)23/h2-14H,1,15-16H2. The third kappa shape index (κ3) is 2.85. The van der Waals surface area contributed by atoms with Gasteiger partial charge < -0.3 is 4.90 Å². The number of hydrogen-bond donors (Lipinski definition) is 0. The minimum atomic E-state index is 0.933. The first-order valence-corrected chi connectivity index (χ1v) is 9.01. The lowest BCUT2D eigenvalue weighted by atomic mass is 10.0. The van der Waals surface area contributed by atoms with Crippen LogP contribution in [0.2, 0.25) is 0 Å². The van der Waals surface area contributed by atoms with Gasteiger partial charge in [-0.25, -0.2) is 0 Å². The van der Waals surface area contributed by atoms with Crippen LogP contribution in [0.5, 0.6) is 0 Å². The zero-order valence-corrected chi connectivity index (χ0v) is 14.3. The van der Waals surface area contributed by atoms with Gasteiger partial charge in [0.2, 0.25) is 0 Å². The van der Waals surface area contributed by atoms with E-state index >= 15 is 0 Å². The molecule has 0 bridgehead atoms. The van der Waals surface area contributed by atoms with Crippen molar-refractivity contribution in [2.45, 2.75) is 16.2 Å². The molecule has 0 N–H and O–H groups in total. The van der Waals surface area contributed by atoms with Crippen molar-refractivity contribution < 1.29 is 0 Å². The second-order valence-corrected chi connectivity index (χ2v) is 6.99. The normalized spacial score (nSPS) is 12.4. The summed E-state index contributed by atoms with van der Waals surface area (Å²) in [4.78, 5) is 5.07. The van der Waals surface area contributed by atoms with Gasteiger partial charge >= 0.3 is 0 Å². The Morgan fingerprint density at radius 3 is 1.92 bits per heavy atom. The molecule has 0 amide bonds. The predicted octanol–water partition coefficient (Wildman–Crippen LogP) is 6.39. The number of fused-ring (bicyclic) bond motifs is 2.